The number of nitrogens with zero attached hydrogens (tertiary/aromatic N) is 2. The molecule has 0 saturated heterocycles. The Morgan fingerprint density at radius 2 is 1.90 bits per heavy atom. The number of anilines is 1. The topological polar surface area (TPSA) is 79.5 Å². The molecule has 1 aromatic heterocycles. The second-order valence-corrected chi connectivity index (χ2v) is 7.65. The van der Waals surface area contributed by atoms with Gasteiger partial charge in [0.15, 0.2) is 11.4 Å². The Bertz CT molecular complexity index is 1180. The zero-order valence-electron chi connectivity index (χ0n) is 16.1. The largest absolute Gasteiger partial charge is 0.423 e. The monoisotopic (exact) mass is 408 g/mol. The van der Waals surface area contributed by atoms with Gasteiger partial charge in [0.1, 0.15) is 23.2 Å². The fourth-order valence-corrected chi connectivity index (χ4v) is 3.99. The molecule has 2 unspecified atom stereocenters. The van der Waals surface area contributed by atoms with Crippen LogP contribution in [0.2, 0.25) is 0 Å². The number of oxazole rings is 1. The number of hydrogen-bond acceptors (Lipinski definition) is 6. The van der Waals surface area contributed by atoms with Crippen LogP contribution < -0.4 is 10.6 Å². The number of carbonyl (C=O) groups excluding carboxylic acids is 1. The van der Waals surface area contributed by atoms with Gasteiger partial charge < -0.3 is 9.73 Å². The standard InChI is InChI=1S/C22H18F2N4O2/c1-11-6-16-19(17(29)7-11)20(12-8-13(23)10-14(24)9-12)27-21(25-16)28-22-26-15-4-2-3-5-18(15)30-22/h2-5,8-11,20H,6-7H2,1H3,(H2,25,26,27,28). The Balaban J connectivity index is 1.55. The predicted molar refractivity (Wildman–Crippen MR) is 108 cm³/mol. The Morgan fingerprint density at radius 1 is 1.13 bits per heavy atom. The average Bonchev–Trinajstić information content (AvgIpc) is 3.08. The molecule has 1 aliphatic heterocycles. The lowest BCUT2D eigenvalue weighted by atomic mass is 9.81. The number of nitrogens with one attached hydrogen (secondary N) is 2. The summed E-state index contributed by atoms with van der Waals surface area (Å²) in [6.07, 6.45) is 1.00. The third kappa shape index (κ3) is 3.34. The molecule has 0 amide bonds. The molecule has 6 nitrogen and oxygen atoms in total. The van der Waals surface area contributed by atoms with E-state index in [0.717, 1.165) is 6.07 Å². The maximum absolute atomic E-state index is 13.9. The van der Waals surface area contributed by atoms with E-state index in [1.807, 2.05) is 25.1 Å². The zero-order chi connectivity index (χ0) is 20.8. The van der Waals surface area contributed by atoms with Crippen LogP contribution >= 0.6 is 0 Å². The molecule has 0 saturated carbocycles. The molecule has 152 valence electrons. The number of halogens is 2. The van der Waals surface area contributed by atoms with Crippen molar-refractivity contribution in [2.45, 2.75) is 25.8 Å². The summed E-state index contributed by atoms with van der Waals surface area (Å²) in [5.41, 5.74) is 2.72. The van der Waals surface area contributed by atoms with Crippen LogP contribution in [0.5, 0.6) is 0 Å². The van der Waals surface area contributed by atoms with Crippen LogP contribution in [0.3, 0.4) is 0 Å². The van der Waals surface area contributed by atoms with E-state index in [0.29, 0.717) is 41.2 Å². The van der Waals surface area contributed by atoms with E-state index in [2.05, 4.69) is 20.6 Å². The number of para-hydroxylation sites is 2. The van der Waals surface area contributed by atoms with E-state index in [1.54, 1.807) is 6.07 Å². The predicted octanol–water partition coefficient (Wildman–Crippen LogP) is 4.47. The molecule has 2 atom stereocenters. The quantitative estimate of drug-likeness (QED) is 0.654. The van der Waals surface area contributed by atoms with Crippen molar-refractivity contribution in [3.05, 3.63) is 70.9 Å². The Labute approximate surface area is 170 Å². The van der Waals surface area contributed by atoms with Crippen molar-refractivity contribution in [2.24, 2.45) is 10.9 Å². The van der Waals surface area contributed by atoms with Crippen molar-refractivity contribution in [1.29, 1.82) is 0 Å². The number of fused-ring (bicyclic) bond motifs is 1. The van der Waals surface area contributed by atoms with E-state index < -0.39 is 17.7 Å². The van der Waals surface area contributed by atoms with E-state index in [-0.39, 0.29) is 23.3 Å². The SMILES string of the molecule is CC1CC(=O)C2=C(C1)NC(Nc1nc3ccccc3o1)=NC2c1cc(F)cc(F)c1. The molecule has 30 heavy (non-hydrogen) atoms. The van der Waals surface area contributed by atoms with Crippen molar-refractivity contribution < 1.29 is 18.0 Å². The van der Waals surface area contributed by atoms with Crippen molar-refractivity contribution in [3.63, 3.8) is 0 Å². The molecular formula is C22H18F2N4O2. The van der Waals surface area contributed by atoms with E-state index >= 15 is 0 Å². The Morgan fingerprint density at radius 3 is 2.67 bits per heavy atom. The molecule has 0 spiro atoms. The number of benzene rings is 2. The van der Waals surface area contributed by atoms with Gasteiger partial charge in [0.25, 0.3) is 0 Å². The third-order valence-electron chi connectivity index (χ3n) is 5.23. The summed E-state index contributed by atoms with van der Waals surface area (Å²) in [5.74, 6) is -1.05. The van der Waals surface area contributed by atoms with Gasteiger partial charge in [-0.3, -0.25) is 10.1 Å². The average molecular weight is 408 g/mol. The summed E-state index contributed by atoms with van der Waals surface area (Å²) in [5, 5.41) is 6.14. The van der Waals surface area contributed by atoms with Gasteiger partial charge in [-0.1, -0.05) is 19.1 Å². The van der Waals surface area contributed by atoms with E-state index in [9.17, 15) is 13.6 Å². The highest BCUT2D eigenvalue weighted by molar-refractivity contribution is 6.03. The zero-order valence-corrected chi connectivity index (χ0v) is 16.1. The van der Waals surface area contributed by atoms with Crippen LogP contribution in [-0.4, -0.2) is 16.7 Å². The molecule has 0 fully saturated rings. The molecule has 1 aliphatic carbocycles. The summed E-state index contributed by atoms with van der Waals surface area (Å²) in [6.45, 7) is 1.99. The highest BCUT2D eigenvalue weighted by Gasteiger charge is 2.35. The maximum Gasteiger partial charge on any atom is 0.302 e. The van der Waals surface area contributed by atoms with Crippen molar-refractivity contribution in [1.82, 2.24) is 10.3 Å². The molecule has 5 rings (SSSR count). The molecule has 2 aromatic carbocycles. The molecule has 0 bridgehead atoms. The minimum absolute atomic E-state index is 0.0735. The first-order valence-electron chi connectivity index (χ1n) is 9.66. The number of allylic oxidation sites excluding steroid dienone is 1. The lowest BCUT2D eigenvalue weighted by molar-refractivity contribution is -0.117. The summed E-state index contributed by atoms with van der Waals surface area (Å²) in [7, 11) is 0. The number of ketones is 1. The Hall–Kier alpha value is -3.55. The number of rotatable bonds is 2. The lowest BCUT2D eigenvalue weighted by Crippen LogP contribution is -2.40. The summed E-state index contributed by atoms with van der Waals surface area (Å²) < 4.78 is 33.4. The highest BCUT2D eigenvalue weighted by Crippen LogP contribution is 2.38. The molecule has 3 aromatic rings. The number of Topliss-reactive ketones (excluding diaryl/α,β-unsaturated/α-hetero) is 1. The minimum atomic E-state index is -0.821. The maximum atomic E-state index is 13.9. The number of hydrogen-bond donors (Lipinski definition) is 2. The lowest BCUT2D eigenvalue weighted by Gasteiger charge is -2.32. The van der Waals surface area contributed by atoms with Gasteiger partial charge in [-0.15, -0.1) is 0 Å². The first kappa shape index (κ1) is 18.5. The Kier molecular flexibility index (Phi) is 4.34. The first-order chi connectivity index (χ1) is 14.5. The fraction of sp³-hybridized carbons (Fsp3) is 0.227. The minimum Gasteiger partial charge on any atom is -0.423 e. The number of aromatic nitrogens is 1. The molecule has 8 heteroatoms. The van der Waals surface area contributed by atoms with Gasteiger partial charge in [-0.05, 0) is 42.2 Å². The second kappa shape index (κ2) is 7.05. The van der Waals surface area contributed by atoms with Gasteiger partial charge >= 0.3 is 6.01 Å². The molecule has 2 aliphatic rings. The number of guanidine groups is 1. The van der Waals surface area contributed by atoms with Crippen LogP contribution in [0.4, 0.5) is 14.8 Å². The van der Waals surface area contributed by atoms with Crippen molar-refractivity contribution in [3.8, 4) is 0 Å². The van der Waals surface area contributed by atoms with Crippen LogP contribution in [-0.2, 0) is 4.79 Å². The summed E-state index contributed by atoms with van der Waals surface area (Å²) >= 11 is 0. The summed E-state index contributed by atoms with van der Waals surface area (Å²) in [6, 6.07) is 9.92. The van der Waals surface area contributed by atoms with Crippen LogP contribution in [0, 0.1) is 17.6 Å². The normalized spacial score (nSPS) is 21.3. The third-order valence-corrected chi connectivity index (χ3v) is 5.23. The number of carbonyl (C=O) groups is 1. The van der Waals surface area contributed by atoms with Gasteiger partial charge in [0.2, 0.25) is 5.96 Å². The summed E-state index contributed by atoms with van der Waals surface area (Å²) in [4.78, 5) is 21.7. The van der Waals surface area contributed by atoms with Gasteiger partial charge in [0.05, 0.1) is 0 Å². The smallest absolute Gasteiger partial charge is 0.302 e. The van der Waals surface area contributed by atoms with Crippen molar-refractivity contribution >= 4 is 28.9 Å². The van der Waals surface area contributed by atoms with Crippen LogP contribution in [0.15, 0.2) is 63.1 Å². The first-order valence-corrected chi connectivity index (χ1v) is 9.66. The molecule has 0 radical (unpaired) electrons. The van der Waals surface area contributed by atoms with Gasteiger partial charge in [0, 0.05) is 23.8 Å². The van der Waals surface area contributed by atoms with Gasteiger partial charge in [-0.25, -0.2) is 13.8 Å². The highest BCUT2D eigenvalue weighted by atomic mass is 19.1. The molecular weight excluding hydrogens is 390 g/mol. The molecule has 2 N–H and O–H groups in total. The van der Waals surface area contributed by atoms with E-state index in [4.69, 9.17) is 4.42 Å². The van der Waals surface area contributed by atoms with Gasteiger partial charge in [-0.2, -0.15) is 4.98 Å². The molecule has 2 heterocycles. The van der Waals surface area contributed by atoms with E-state index in [1.165, 1.54) is 12.1 Å². The van der Waals surface area contributed by atoms with Crippen LogP contribution in [0.1, 0.15) is 31.4 Å². The number of aliphatic imine (C=N–C) groups is 1. The fourth-order valence-electron chi connectivity index (χ4n) is 3.99. The second-order valence-electron chi connectivity index (χ2n) is 7.65. The van der Waals surface area contributed by atoms with Crippen LogP contribution in [0.25, 0.3) is 11.1 Å². The van der Waals surface area contributed by atoms with Crippen molar-refractivity contribution in [2.75, 3.05) is 5.32 Å².